The Balaban J connectivity index is 1.80. The van der Waals surface area contributed by atoms with Crippen LogP contribution in [0.2, 0.25) is 0 Å². The molecule has 0 saturated heterocycles. The van der Waals surface area contributed by atoms with E-state index in [1.165, 1.54) is 0 Å². The molecule has 3 rings (SSSR count). The van der Waals surface area contributed by atoms with Crippen LogP contribution in [0.5, 0.6) is 0 Å². The van der Waals surface area contributed by atoms with E-state index < -0.39 is 0 Å². The molecule has 1 aromatic carbocycles. The summed E-state index contributed by atoms with van der Waals surface area (Å²) in [6, 6.07) is 11.8. The van der Waals surface area contributed by atoms with E-state index in [2.05, 4.69) is 10.3 Å². The van der Waals surface area contributed by atoms with Crippen LogP contribution in [0.1, 0.15) is 4.88 Å². The molecule has 3 nitrogen and oxygen atoms in total. The van der Waals surface area contributed by atoms with Crippen molar-refractivity contribution in [3.8, 4) is 0 Å². The third kappa shape index (κ3) is 2.15. The SMILES string of the molecule is O=C(Cc1cccs1)Nc1cccc2cc[nH]c12. The Labute approximate surface area is 108 Å². The van der Waals surface area contributed by atoms with Crippen LogP contribution in [0, 0.1) is 0 Å². The van der Waals surface area contributed by atoms with E-state index in [0.29, 0.717) is 6.42 Å². The Hall–Kier alpha value is -2.07. The number of nitrogens with one attached hydrogen (secondary N) is 2. The Morgan fingerprint density at radius 1 is 1.22 bits per heavy atom. The van der Waals surface area contributed by atoms with E-state index in [9.17, 15) is 4.79 Å². The lowest BCUT2D eigenvalue weighted by Crippen LogP contribution is -2.13. The van der Waals surface area contributed by atoms with Crippen molar-refractivity contribution in [3.05, 3.63) is 52.9 Å². The summed E-state index contributed by atoms with van der Waals surface area (Å²) >= 11 is 1.60. The van der Waals surface area contributed by atoms with Crippen molar-refractivity contribution < 1.29 is 4.79 Å². The van der Waals surface area contributed by atoms with Gasteiger partial charge in [0, 0.05) is 16.5 Å². The fourth-order valence-corrected chi connectivity index (χ4v) is 2.66. The number of hydrogen-bond donors (Lipinski definition) is 2. The molecular formula is C14H12N2OS. The number of H-pyrrole nitrogens is 1. The summed E-state index contributed by atoms with van der Waals surface area (Å²) in [5.74, 6) is 0.0135. The summed E-state index contributed by atoms with van der Waals surface area (Å²) in [5.41, 5.74) is 1.80. The zero-order valence-corrected chi connectivity index (χ0v) is 10.5. The fourth-order valence-electron chi connectivity index (χ4n) is 1.95. The van der Waals surface area contributed by atoms with Crippen LogP contribution in [-0.2, 0) is 11.2 Å². The number of aromatic nitrogens is 1. The summed E-state index contributed by atoms with van der Waals surface area (Å²) in [6.45, 7) is 0. The van der Waals surface area contributed by atoms with Gasteiger partial charge in [-0.15, -0.1) is 11.3 Å². The molecule has 2 N–H and O–H groups in total. The first-order chi connectivity index (χ1) is 8.83. The molecule has 4 heteroatoms. The molecule has 0 saturated carbocycles. The molecule has 0 aliphatic carbocycles. The van der Waals surface area contributed by atoms with Crippen molar-refractivity contribution in [2.75, 3.05) is 5.32 Å². The molecule has 0 atom stereocenters. The number of fused-ring (bicyclic) bond motifs is 1. The number of amides is 1. The second-order valence-corrected chi connectivity index (χ2v) is 5.08. The maximum atomic E-state index is 11.9. The second kappa shape index (κ2) is 4.66. The number of benzene rings is 1. The second-order valence-electron chi connectivity index (χ2n) is 4.05. The van der Waals surface area contributed by atoms with Crippen LogP contribution >= 0.6 is 11.3 Å². The van der Waals surface area contributed by atoms with Gasteiger partial charge in [0.25, 0.3) is 0 Å². The maximum Gasteiger partial charge on any atom is 0.229 e. The Kier molecular flexibility index (Phi) is 2.86. The van der Waals surface area contributed by atoms with Crippen LogP contribution in [0.15, 0.2) is 48.0 Å². The molecular weight excluding hydrogens is 244 g/mol. The monoisotopic (exact) mass is 256 g/mol. The standard InChI is InChI=1S/C14H12N2OS/c17-13(9-11-4-2-8-18-11)16-12-5-1-3-10-6-7-15-14(10)12/h1-8,15H,9H2,(H,16,17). The van der Waals surface area contributed by atoms with E-state index in [4.69, 9.17) is 0 Å². The number of anilines is 1. The zero-order chi connectivity index (χ0) is 12.4. The highest BCUT2D eigenvalue weighted by Crippen LogP contribution is 2.21. The molecule has 3 aromatic rings. The van der Waals surface area contributed by atoms with E-state index in [-0.39, 0.29) is 5.91 Å². The van der Waals surface area contributed by atoms with Gasteiger partial charge in [0.15, 0.2) is 0 Å². The van der Waals surface area contributed by atoms with Crippen molar-refractivity contribution in [2.45, 2.75) is 6.42 Å². The van der Waals surface area contributed by atoms with Gasteiger partial charge in [-0.05, 0) is 23.6 Å². The van der Waals surface area contributed by atoms with Crippen molar-refractivity contribution in [1.29, 1.82) is 0 Å². The highest BCUT2D eigenvalue weighted by Gasteiger charge is 2.07. The molecule has 0 spiro atoms. The molecule has 0 fully saturated rings. The van der Waals surface area contributed by atoms with Crippen molar-refractivity contribution in [2.24, 2.45) is 0 Å². The number of thiophene rings is 1. The third-order valence-corrected chi connectivity index (χ3v) is 3.65. The fraction of sp³-hybridized carbons (Fsp3) is 0.0714. The number of hydrogen-bond acceptors (Lipinski definition) is 2. The van der Waals surface area contributed by atoms with Crippen molar-refractivity contribution in [3.63, 3.8) is 0 Å². The van der Waals surface area contributed by atoms with Gasteiger partial charge in [-0.25, -0.2) is 0 Å². The maximum absolute atomic E-state index is 11.9. The molecule has 2 heterocycles. The van der Waals surface area contributed by atoms with Gasteiger partial charge in [0.2, 0.25) is 5.91 Å². The zero-order valence-electron chi connectivity index (χ0n) is 9.64. The van der Waals surface area contributed by atoms with E-state index in [0.717, 1.165) is 21.5 Å². The highest BCUT2D eigenvalue weighted by atomic mass is 32.1. The highest BCUT2D eigenvalue weighted by molar-refractivity contribution is 7.10. The van der Waals surface area contributed by atoms with Crippen molar-refractivity contribution in [1.82, 2.24) is 4.98 Å². The molecule has 1 amide bonds. The van der Waals surface area contributed by atoms with Gasteiger partial charge in [-0.1, -0.05) is 18.2 Å². The van der Waals surface area contributed by atoms with Crippen LogP contribution < -0.4 is 5.32 Å². The topological polar surface area (TPSA) is 44.9 Å². The average Bonchev–Trinajstić information content (AvgIpc) is 2.99. The normalized spacial score (nSPS) is 10.7. The van der Waals surface area contributed by atoms with E-state index in [1.54, 1.807) is 11.3 Å². The number of para-hydroxylation sites is 1. The predicted molar refractivity (Wildman–Crippen MR) is 75.0 cm³/mol. The molecule has 90 valence electrons. The van der Waals surface area contributed by atoms with Gasteiger partial charge in [-0.2, -0.15) is 0 Å². The van der Waals surface area contributed by atoms with Crippen molar-refractivity contribution >= 4 is 33.8 Å². The van der Waals surface area contributed by atoms with Gasteiger partial charge in [0.1, 0.15) is 0 Å². The quantitative estimate of drug-likeness (QED) is 0.741. The lowest BCUT2D eigenvalue weighted by atomic mass is 10.2. The number of carbonyl (C=O) groups is 1. The minimum Gasteiger partial charge on any atom is -0.359 e. The number of aromatic amines is 1. The minimum atomic E-state index is 0.0135. The Morgan fingerprint density at radius 3 is 3.00 bits per heavy atom. The number of carbonyl (C=O) groups excluding carboxylic acids is 1. The van der Waals surface area contributed by atoms with Crippen LogP contribution in [0.25, 0.3) is 10.9 Å². The first kappa shape index (κ1) is 11.0. The summed E-state index contributed by atoms with van der Waals surface area (Å²) in [5, 5.41) is 6.03. The van der Waals surface area contributed by atoms with E-state index in [1.807, 2.05) is 48.0 Å². The predicted octanol–water partition coefficient (Wildman–Crippen LogP) is 3.41. The summed E-state index contributed by atoms with van der Waals surface area (Å²) < 4.78 is 0. The largest absolute Gasteiger partial charge is 0.359 e. The molecule has 2 aromatic heterocycles. The Bertz CT molecular complexity index is 670. The lowest BCUT2D eigenvalue weighted by molar-refractivity contribution is -0.115. The van der Waals surface area contributed by atoms with E-state index >= 15 is 0 Å². The molecule has 0 unspecified atom stereocenters. The summed E-state index contributed by atoms with van der Waals surface area (Å²) in [4.78, 5) is 16.1. The molecule has 0 aliphatic rings. The minimum absolute atomic E-state index is 0.0135. The van der Waals surface area contributed by atoms with Gasteiger partial charge >= 0.3 is 0 Å². The Morgan fingerprint density at radius 2 is 2.17 bits per heavy atom. The van der Waals surface area contributed by atoms with Crippen LogP contribution in [-0.4, -0.2) is 10.9 Å². The summed E-state index contributed by atoms with van der Waals surface area (Å²) in [7, 11) is 0. The van der Waals surface area contributed by atoms with Gasteiger partial charge in [-0.3, -0.25) is 4.79 Å². The van der Waals surface area contributed by atoms with Gasteiger partial charge in [0.05, 0.1) is 17.6 Å². The summed E-state index contributed by atoms with van der Waals surface area (Å²) in [6.07, 6.45) is 2.30. The molecule has 0 aliphatic heterocycles. The molecule has 0 bridgehead atoms. The lowest BCUT2D eigenvalue weighted by Gasteiger charge is -2.05. The first-order valence-corrected chi connectivity index (χ1v) is 6.59. The molecule has 18 heavy (non-hydrogen) atoms. The number of rotatable bonds is 3. The average molecular weight is 256 g/mol. The smallest absolute Gasteiger partial charge is 0.229 e. The van der Waals surface area contributed by atoms with Crippen LogP contribution in [0.3, 0.4) is 0 Å². The van der Waals surface area contributed by atoms with Gasteiger partial charge < -0.3 is 10.3 Å². The van der Waals surface area contributed by atoms with Crippen LogP contribution in [0.4, 0.5) is 5.69 Å². The molecule has 0 radical (unpaired) electrons. The first-order valence-electron chi connectivity index (χ1n) is 5.71. The third-order valence-electron chi connectivity index (χ3n) is 2.78.